The zero-order valence-corrected chi connectivity index (χ0v) is 25.6. The summed E-state index contributed by atoms with van der Waals surface area (Å²) < 4.78 is 24.0. The maximum Gasteiger partial charge on any atom is 0.201 e. The summed E-state index contributed by atoms with van der Waals surface area (Å²) in [6.07, 6.45) is 3.01. The average molecular weight is 595 g/mol. The van der Waals surface area contributed by atoms with Crippen molar-refractivity contribution in [3.8, 4) is 51.4 Å². The van der Waals surface area contributed by atoms with Gasteiger partial charge >= 0.3 is 0 Å². The molecule has 0 saturated heterocycles. The molecule has 6 bridgehead atoms. The molecule has 7 rings (SSSR count). The van der Waals surface area contributed by atoms with Crippen LogP contribution in [-0.2, 0) is 25.7 Å². The molecule has 228 valence electrons. The van der Waals surface area contributed by atoms with Crippen molar-refractivity contribution in [1.82, 2.24) is 10.2 Å². The van der Waals surface area contributed by atoms with E-state index in [4.69, 9.17) is 18.9 Å². The van der Waals surface area contributed by atoms with Crippen LogP contribution in [-0.4, -0.2) is 56.6 Å². The number of nitrogens with one attached hydrogen (secondary N) is 1. The third kappa shape index (κ3) is 4.78. The highest BCUT2D eigenvalue weighted by Gasteiger charge is 2.34. The number of rotatable bonds is 3. The van der Waals surface area contributed by atoms with Crippen molar-refractivity contribution < 1.29 is 29.2 Å². The van der Waals surface area contributed by atoms with Crippen molar-refractivity contribution in [2.24, 2.45) is 0 Å². The smallest absolute Gasteiger partial charge is 0.201 e. The first-order valence-corrected chi connectivity index (χ1v) is 15.1. The van der Waals surface area contributed by atoms with Crippen molar-refractivity contribution in [2.45, 2.75) is 37.8 Å². The number of aromatic hydroxyl groups is 2. The lowest BCUT2D eigenvalue weighted by Gasteiger charge is -2.36. The maximum atomic E-state index is 11.6. The summed E-state index contributed by atoms with van der Waals surface area (Å²) in [7, 11) is 6.97. The Kier molecular flexibility index (Phi) is 7.26. The van der Waals surface area contributed by atoms with Crippen LogP contribution in [0.5, 0.6) is 40.2 Å². The van der Waals surface area contributed by atoms with E-state index in [1.807, 2.05) is 18.2 Å². The SMILES string of the molecule is COc1cc2c3cc1Oc1c(O)c(OC)cc4c1[C@@H](Cc1ccc(OC)c(c1)-c1cc(ccc1O)C[C@H]3NCC2)N(C)CC4. The number of phenols is 2. The molecule has 3 N–H and O–H groups in total. The largest absolute Gasteiger partial charge is 0.507 e. The summed E-state index contributed by atoms with van der Waals surface area (Å²) >= 11 is 0. The van der Waals surface area contributed by atoms with E-state index < -0.39 is 0 Å². The highest BCUT2D eigenvalue weighted by Crippen LogP contribution is 2.51. The van der Waals surface area contributed by atoms with E-state index in [1.54, 1.807) is 27.4 Å². The van der Waals surface area contributed by atoms with Crippen LogP contribution in [0.3, 0.4) is 0 Å². The van der Waals surface area contributed by atoms with Crippen LogP contribution in [0.1, 0.15) is 45.5 Å². The molecule has 2 atom stereocenters. The second-order valence-corrected chi connectivity index (χ2v) is 11.9. The first-order chi connectivity index (χ1) is 21.4. The third-order valence-corrected chi connectivity index (χ3v) is 9.45. The molecule has 3 heterocycles. The molecule has 3 aliphatic rings. The summed E-state index contributed by atoms with van der Waals surface area (Å²) in [5, 5.41) is 26.4. The van der Waals surface area contributed by atoms with E-state index in [0.717, 1.165) is 64.9 Å². The maximum absolute atomic E-state index is 11.6. The van der Waals surface area contributed by atoms with Gasteiger partial charge in [-0.1, -0.05) is 12.1 Å². The lowest BCUT2D eigenvalue weighted by Crippen LogP contribution is -2.34. The van der Waals surface area contributed by atoms with Crippen LogP contribution >= 0.6 is 0 Å². The lowest BCUT2D eigenvalue weighted by atomic mass is 9.86. The number of fused-ring (bicyclic) bond motifs is 6. The Morgan fingerprint density at radius 2 is 1.52 bits per heavy atom. The number of nitrogens with zero attached hydrogens (tertiary/aromatic N) is 1. The van der Waals surface area contributed by atoms with Crippen molar-refractivity contribution in [2.75, 3.05) is 41.5 Å². The summed E-state index contributed by atoms with van der Waals surface area (Å²) in [6.45, 7) is 1.67. The number of methoxy groups -OCH3 is 3. The van der Waals surface area contributed by atoms with Crippen molar-refractivity contribution in [3.05, 3.63) is 88.0 Å². The minimum atomic E-state index is -0.0994. The van der Waals surface area contributed by atoms with E-state index in [1.165, 1.54) is 5.56 Å². The molecule has 0 fully saturated rings. The first kappa shape index (κ1) is 28.4. The lowest BCUT2D eigenvalue weighted by molar-refractivity contribution is 0.221. The van der Waals surface area contributed by atoms with E-state index in [2.05, 4.69) is 47.6 Å². The summed E-state index contributed by atoms with van der Waals surface area (Å²) in [6, 6.07) is 17.9. The van der Waals surface area contributed by atoms with Gasteiger partial charge in [-0.15, -0.1) is 0 Å². The molecular weight excluding hydrogens is 556 g/mol. The van der Waals surface area contributed by atoms with Gasteiger partial charge in [-0.3, -0.25) is 4.90 Å². The molecule has 0 amide bonds. The zero-order chi connectivity index (χ0) is 30.5. The zero-order valence-electron chi connectivity index (χ0n) is 25.6. The molecule has 3 aliphatic heterocycles. The summed E-state index contributed by atoms with van der Waals surface area (Å²) in [5.41, 5.74) is 8.07. The van der Waals surface area contributed by atoms with Gasteiger partial charge in [-0.2, -0.15) is 0 Å². The molecule has 0 spiro atoms. The normalized spacial score (nSPS) is 19.0. The van der Waals surface area contributed by atoms with Gasteiger partial charge in [0.05, 0.1) is 21.3 Å². The molecule has 8 heteroatoms. The summed E-state index contributed by atoms with van der Waals surface area (Å²) in [4.78, 5) is 2.30. The number of benzene rings is 4. The van der Waals surface area contributed by atoms with E-state index in [-0.39, 0.29) is 23.6 Å². The van der Waals surface area contributed by atoms with E-state index in [0.29, 0.717) is 41.6 Å². The Hall–Kier alpha value is -4.40. The fourth-order valence-corrected chi connectivity index (χ4v) is 7.11. The fourth-order valence-electron chi connectivity index (χ4n) is 7.11. The predicted molar refractivity (Wildman–Crippen MR) is 169 cm³/mol. The van der Waals surface area contributed by atoms with E-state index >= 15 is 0 Å². The molecular formula is C36H38N2O6. The second kappa shape index (κ2) is 11.3. The molecule has 44 heavy (non-hydrogen) atoms. The highest BCUT2D eigenvalue weighted by molar-refractivity contribution is 5.77. The molecule has 0 radical (unpaired) electrons. The molecule has 4 aromatic rings. The molecule has 0 saturated carbocycles. The highest BCUT2D eigenvalue weighted by atomic mass is 16.5. The molecule has 8 nitrogen and oxygen atoms in total. The third-order valence-electron chi connectivity index (χ3n) is 9.45. The Morgan fingerprint density at radius 1 is 0.795 bits per heavy atom. The predicted octanol–water partition coefficient (Wildman–Crippen LogP) is 6.10. The molecule has 0 aromatic heterocycles. The van der Waals surface area contributed by atoms with E-state index in [9.17, 15) is 10.2 Å². The second-order valence-electron chi connectivity index (χ2n) is 11.9. The van der Waals surface area contributed by atoms with Gasteiger partial charge in [0, 0.05) is 35.3 Å². The Balaban J connectivity index is 1.50. The van der Waals surface area contributed by atoms with Gasteiger partial charge in [0.1, 0.15) is 11.5 Å². The monoisotopic (exact) mass is 594 g/mol. The van der Waals surface area contributed by atoms with Crippen molar-refractivity contribution >= 4 is 0 Å². The first-order valence-electron chi connectivity index (χ1n) is 15.1. The van der Waals surface area contributed by atoms with Crippen LogP contribution in [0.25, 0.3) is 11.1 Å². The van der Waals surface area contributed by atoms with Gasteiger partial charge in [0.15, 0.2) is 23.0 Å². The molecule has 0 unspecified atom stereocenters. The molecule has 4 aromatic carbocycles. The van der Waals surface area contributed by atoms with Crippen LogP contribution < -0.4 is 24.3 Å². The minimum Gasteiger partial charge on any atom is -0.507 e. The Labute approximate surface area is 257 Å². The van der Waals surface area contributed by atoms with Gasteiger partial charge in [0.25, 0.3) is 0 Å². The number of likely N-dealkylation sites (N-methyl/N-ethyl adjacent to an activating group) is 1. The Bertz CT molecular complexity index is 1750. The molecule has 0 aliphatic carbocycles. The standard InChI is InChI=1S/C36H38N2O6/c1-38-12-10-23-18-33(43-4)35(40)36-34(23)28(38)16-21-6-8-30(41-2)26(14-21)25-13-20(5-7-29(25)39)15-27-24-19-32(44-36)31(42-3)17-22(24)9-11-37-27/h5-8,13-14,17-19,27-28,37,39-40H,9-12,15-16H2,1-4H3/t27-,28-/m1/s1. The van der Waals surface area contributed by atoms with Crippen molar-refractivity contribution in [3.63, 3.8) is 0 Å². The number of ether oxygens (including phenoxy) is 4. The number of hydrogen-bond acceptors (Lipinski definition) is 8. The van der Waals surface area contributed by atoms with Crippen LogP contribution in [0, 0.1) is 0 Å². The van der Waals surface area contributed by atoms with Crippen LogP contribution in [0.4, 0.5) is 0 Å². The average Bonchev–Trinajstić information content (AvgIpc) is 3.03. The van der Waals surface area contributed by atoms with Gasteiger partial charge in [-0.25, -0.2) is 0 Å². The topological polar surface area (TPSA) is 92.7 Å². The Morgan fingerprint density at radius 3 is 2.32 bits per heavy atom. The van der Waals surface area contributed by atoms with Crippen molar-refractivity contribution in [1.29, 1.82) is 0 Å². The van der Waals surface area contributed by atoms with Gasteiger partial charge in [-0.05, 0) is 110 Å². The van der Waals surface area contributed by atoms with Crippen LogP contribution in [0.2, 0.25) is 0 Å². The number of hydrogen-bond donors (Lipinski definition) is 3. The number of phenolic OH excluding ortho intramolecular Hbond substituents is 2. The van der Waals surface area contributed by atoms with Gasteiger partial charge in [0.2, 0.25) is 5.75 Å². The quantitative estimate of drug-likeness (QED) is 0.262. The van der Waals surface area contributed by atoms with Crippen LogP contribution in [0.15, 0.2) is 54.6 Å². The fraction of sp³-hybridized carbons (Fsp3) is 0.333. The summed E-state index contributed by atoms with van der Waals surface area (Å²) in [5.74, 6) is 2.81. The minimum absolute atomic E-state index is 0.0113. The van der Waals surface area contributed by atoms with Gasteiger partial charge < -0.3 is 34.5 Å².